The molecule has 0 bridgehead atoms. The van der Waals surface area contributed by atoms with Gasteiger partial charge in [0.05, 0.1) is 26.2 Å². The first-order chi connectivity index (χ1) is 19.9. The molecular formula is C27H57N9O5Si. The lowest BCUT2D eigenvalue weighted by Crippen LogP contribution is -2.47. The van der Waals surface area contributed by atoms with Crippen molar-refractivity contribution in [3.8, 4) is 0 Å². The van der Waals surface area contributed by atoms with E-state index < -0.39 is 26.8 Å². The Morgan fingerprint density at radius 1 is 0.690 bits per heavy atom. The van der Waals surface area contributed by atoms with Crippen molar-refractivity contribution in [3.05, 3.63) is 0 Å². The maximum Gasteiger partial charge on any atom is 0.234 e. The molecule has 0 aromatic rings. The molecule has 1 unspecified atom stereocenters. The van der Waals surface area contributed by atoms with Crippen molar-refractivity contribution in [2.75, 3.05) is 98.2 Å². The van der Waals surface area contributed by atoms with E-state index in [4.69, 9.17) is 21.6 Å². The minimum absolute atomic E-state index is 0.0539. The predicted molar refractivity (Wildman–Crippen MR) is 167 cm³/mol. The van der Waals surface area contributed by atoms with Gasteiger partial charge in [-0.1, -0.05) is 0 Å². The van der Waals surface area contributed by atoms with Crippen LogP contribution >= 0.6 is 0 Å². The maximum atomic E-state index is 12.8. The minimum atomic E-state index is -1.10. The van der Waals surface area contributed by atoms with Gasteiger partial charge in [0.2, 0.25) is 23.6 Å². The van der Waals surface area contributed by atoms with Crippen LogP contribution in [-0.2, 0) is 23.6 Å². The van der Waals surface area contributed by atoms with Crippen LogP contribution in [0.25, 0.3) is 0 Å². The van der Waals surface area contributed by atoms with Gasteiger partial charge in [0.25, 0.3) is 0 Å². The standard InChI is InChI=1S/C27H57N9O5Si/c1-23(2)41-42(3)18-4-7-31-8-9-32-27(40)22-36-13-6-12-34(20-25(29)38)15-14-33(19-24(28)37)10-5-11-35(16-17-36)21-26(30)39/h23,31,42H,4-22H2,1-3H3,(H2,28,37)(H2,29,38)(H2,30,39)(H,32,40). The van der Waals surface area contributed by atoms with E-state index in [0.717, 1.165) is 25.4 Å². The highest BCUT2D eigenvalue weighted by molar-refractivity contribution is 6.50. The highest BCUT2D eigenvalue weighted by atomic mass is 28.3. The summed E-state index contributed by atoms with van der Waals surface area (Å²) in [6.07, 6.45) is 2.78. The van der Waals surface area contributed by atoms with Gasteiger partial charge < -0.3 is 32.3 Å². The molecule has 1 aliphatic heterocycles. The van der Waals surface area contributed by atoms with Crippen LogP contribution in [-0.4, -0.2) is 157 Å². The predicted octanol–water partition coefficient (Wildman–Crippen LogP) is -2.68. The van der Waals surface area contributed by atoms with Gasteiger partial charge in [-0.15, -0.1) is 0 Å². The summed E-state index contributed by atoms with van der Waals surface area (Å²) < 4.78 is 5.89. The van der Waals surface area contributed by atoms with Crippen LogP contribution in [0.1, 0.15) is 33.1 Å². The van der Waals surface area contributed by atoms with Crippen LogP contribution < -0.4 is 27.8 Å². The Balaban J connectivity index is 2.66. The summed E-state index contributed by atoms with van der Waals surface area (Å²) in [6.45, 7) is 13.9. The van der Waals surface area contributed by atoms with E-state index in [-0.39, 0.29) is 32.1 Å². The molecule has 42 heavy (non-hydrogen) atoms. The van der Waals surface area contributed by atoms with Gasteiger partial charge in [-0.2, -0.15) is 0 Å². The first-order valence-electron chi connectivity index (χ1n) is 15.3. The number of hydrogen-bond acceptors (Lipinski definition) is 10. The van der Waals surface area contributed by atoms with E-state index in [0.29, 0.717) is 78.0 Å². The fourth-order valence-electron chi connectivity index (χ4n) is 5.06. The highest BCUT2D eigenvalue weighted by Gasteiger charge is 2.18. The molecule has 14 nitrogen and oxygen atoms in total. The third-order valence-electron chi connectivity index (χ3n) is 6.96. The molecule has 0 aromatic carbocycles. The van der Waals surface area contributed by atoms with Crippen LogP contribution in [0.4, 0.5) is 0 Å². The van der Waals surface area contributed by atoms with Crippen molar-refractivity contribution in [2.45, 2.75) is 51.8 Å². The zero-order valence-corrected chi connectivity index (χ0v) is 27.3. The first-order valence-corrected chi connectivity index (χ1v) is 17.8. The zero-order chi connectivity index (χ0) is 31.3. The summed E-state index contributed by atoms with van der Waals surface area (Å²) >= 11 is 0. The highest BCUT2D eigenvalue weighted by Crippen LogP contribution is 2.04. The number of hydrogen-bond donors (Lipinski definition) is 5. The molecule has 1 heterocycles. The van der Waals surface area contributed by atoms with Crippen molar-refractivity contribution in [1.82, 2.24) is 30.2 Å². The van der Waals surface area contributed by atoms with Crippen molar-refractivity contribution in [3.63, 3.8) is 0 Å². The molecule has 0 spiro atoms. The molecule has 0 aromatic heterocycles. The van der Waals surface area contributed by atoms with Crippen LogP contribution in [0, 0.1) is 0 Å². The summed E-state index contributed by atoms with van der Waals surface area (Å²) in [6, 6.07) is 1.13. The van der Waals surface area contributed by atoms with E-state index in [1.807, 2.05) is 14.7 Å². The van der Waals surface area contributed by atoms with Crippen molar-refractivity contribution in [1.29, 1.82) is 0 Å². The van der Waals surface area contributed by atoms with Crippen LogP contribution in [0.15, 0.2) is 0 Å². The number of amides is 4. The second kappa shape index (κ2) is 22.4. The molecule has 15 heteroatoms. The Kier molecular flexibility index (Phi) is 20.2. The molecule has 1 fully saturated rings. The Hall–Kier alpha value is -2.14. The SMILES string of the molecule is CC(C)O[SiH](C)CCCNCCNC(=O)CN1CCCN(CC(N)=O)CCN(CC(N)=O)CCCN(CC(N)=O)CC1. The van der Waals surface area contributed by atoms with Gasteiger partial charge in [0.15, 0.2) is 9.04 Å². The summed E-state index contributed by atoms with van der Waals surface area (Å²) in [5.74, 6) is -1.29. The lowest BCUT2D eigenvalue weighted by atomic mass is 10.2. The van der Waals surface area contributed by atoms with Crippen LogP contribution in [0.2, 0.25) is 12.6 Å². The summed E-state index contributed by atoms with van der Waals surface area (Å²) in [5, 5.41) is 6.38. The molecule has 1 atom stereocenters. The van der Waals surface area contributed by atoms with E-state index in [9.17, 15) is 19.2 Å². The monoisotopic (exact) mass is 615 g/mol. The number of nitrogens with zero attached hydrogens (tertiary/aromatic N) is 4. The number of carbonyl (C=O) groups excluding carboxylic acids is 4. The van der Waals surface area contributed by atoms with Gasteiger partial charge in [-0.25, -0.2) is 0 Å². The normalized spacial score (nSPS) is 18.4. The number of primary amides is 3. The summed E-state index contributed by atoms with van der Waals surface area (Å²) in [4.78, 5) is 55.7. The lowest BCUT2D eigenvalue weighted by molar-refractivity contribution is -0.123. The molecule has 244 valence electrons. The van der Waals surface area contributed by atoms with Gasteiger partial charge >= 0.3 is 0 Å². The third-order valence-corrected chi connectivity index (χ3v) is 9.19. The van der Waals surface area contributed by atoms with Crippen molar-refractivity contribution < 1.29 is 23.6 Å². The topological polar surface area (TPSA) is 193 Å². The summed E-state index contributed by atoms with van der Waals surface area (Å²) in [5.41, 5.74) is 16.4. The average Bonchev–Trinajstić information content (AvgIpc) is 2.87. The number of nitrogens with two attached hydrogens (primary N) is 3. The molecule has 1 saturated heterocycles. The second-order valence-electron chi connectivity index (χ2n) is 11.4. The fourth-order valence-corrected chi connectivity index (χ4v) is 6.91. The maximum absolute atomic E-state index is 12.8. The molecular weight excluding hydrogens is 558 g/mol. The Labute approximate surface area is 253 Å². The smallest absolute Gasteiger partial charge is 0.234 e. The van der Waals surface area contributed by atoms with Crippen molar-refractivity contribution in [2.24, 2.45) is 17.2 Å². The van der Waals surface area contributed by atoms with Gasteiger partial charge in [0, 0.05) is 45.4 Å². The molecule has 0 saturated carbocycles. The fraction of sp³-hybridized carbons (Fsp3) is 0.852. The number of carbonyl (C=O) groups is 4. The van der Waals surface area contributed by atoms with E-state index in [1.54, 1.807) is 0 Å². The van der Waals surface area contributed by atoms with Crippen LogP contribution in [0.5, 0.6) is 0 Å². The van der Waals surface area contributed by atoms with Gasteiger partial charge in [-0.3, -0.25) is 38.8 Å². The first kappa shape index (κ1) is 37.9. The van der Waals surface area contributed by atoms with Gasteiger partial charge in [-0.05, 0) is 78.4 Å². The lowest BCUT2D eigenvalue weighted by Gasteiger charge is -2.31. The molecule has 4 amide bonds. The largest absolute Gasteiger partial charge is 0.418 e. The molecule has 1 aliphatic rings. The molecule has 0 aliphatic carbocycles. The van der Waals surface area contributed by atoms with Crippen molar-refractivity contribution >= 4 is 32.7 Å². The third kappa shape index (κ3) is 20.7. The number of rotatable bonds is 17. The Bertz CT molecular complexity index is 808. The average molecular weight is 616 g/mol. The quantitative estimate of drug-likeness (QED) is 0.0851. The van der Waals surface area contributed by atoms with E-state index in [1.165, 1.54) is 0 Å². The molecule has 1 rings (SSSR count). The Morgan fingerprint density at radius 3 is 1.52 bits per heavy atom. The Morgan fingerprint density at radius 2 is 1.12 bits per heavy atom. The molecule has 8 N–H and O–H groups in total. The van der Waals surface area contributed by atoms with Gasteiger partial charge in [0.1, 0.15) is 0 Å². The second-order valence-corrected chi connectivity index (χ2v) is 13.9. The van der Waals surface area contributed by atoms with E-state index in [2.05, 4.69) is 35.9 Å². The zero-order valence-electron chi connectivity index (χ0n) is 26.2. The number of nitrogens with one attached hydrogen (secondary N) is 2. The minimum Gasteiger partial charge on any atom is -0.418 e. The molecule has 0 radical (unpaired) electrons. The summed E-state index contributed by atoms with van der Waals surface area (Å²) in [7, 11) is -1.10. The van der Waals surface area contributed by atoms with Crippen LogP contribution in [0.3, 0.4) is 0 Å². The van der Waals surface area contributed by atoms with E-state index >= 15 is 0 Å².